The van der Waals surface area contributed by atoms with Gasteiger partial charge in [0.15, 0.2) is 5.82 Å². The second-order valence-electron chi connectivity index (χ2n) is 9.89. The summed E-state index contributed by atoms with van der Waals surface area (Å²) in [7, 11) is 0. The monoisotopic (exact) mass is 476 g/mol. The quantitative estimate of drug-likeness (QED) is 0.405. The van der Waals surface area contributed by atoms with Gasteiger partial charge in [-0.3, -0.25) is 15.1 Å². The van der Waals surface area contributed by atoms with Gasteiger partial charge in [0.25, 0.3) is 5.91 Å². The van der Waals surface area contributed by atoms with Gasteiger partial charge in [0.1, 0.15) is 11.5 Å². The van der Waals surface area contributed by atoms with Gasteiger partial charge in [0.2, 0.25) is 0 Å². The van der Waals surface area contributed by atoms with Gasteiger partial charge < -0.3 is 20.5 Å². The average molecular weight is 477 g/mol. The number of hydrogen-bond acceptors (Lipinski definition) is 6. The fourth-order valence-electron chi connectivity index (χ4n) is 3.90. The van der Waals surface area contributed by atoms with Crippen LogP contribution in [0.25, 0.3) is 0 Å². The van der Waals surface area contributed by atoms with Crippen molar-refractivity contribution in [3.63, 3.8) is 0 Å². The lowest BCUT2D eigenvalue weighted by atomic mass is 9.91. The number of urea groups is 1. The molecule has 1 aliphatic rings. The first-order chi connectivity index (χ1) is 16.8. The van der Waals surface area contributed by atoms with E-state index in [4.69, 9.17) is 4.52 Å². The van der Waals surface area contributed by atoms with Gasteiger partial charge in [-0.2, -0.15) is 0 Å². The first-order valence-electron chi connectivity index (χ1n) is 11.9. The zero-order valence-electron chi connectivity index (χ0n) is 20.4. The van der Waals surface area contributed by atoms with Crippen LogP contribution in [0.2, 0.25) is 0 Å². The lowest BCUT2D eigenvalue weighted by molar-refractivity contribution is 0.102. The molecule has 9 heteroatoms. The Hall–Kier alpha value is -3.72. The summed E-state index contributed by atoms with van der Waals surface area (Å²) in [4.78, 5) is 29.2. The van der Waals surface area contributed by atoms with Crippen molar-refractivity contribution in [2.45, 2.75) is 45.4 Å². The zero-order chi connectivity index (χ0) is 24.8. The number of benzene rings is 1. The number of anilines is 3. The Labute approximate surface area is 205 Å². The van der Waals surface area contributed by atoms with Crippen LogP contribution < -0.4 is 21.3 Å². The number of carbonyl (C=O) groups is 2. The van der Waals surface area contributed by atoms with E-state index in [1.54, 1.807) is 42.6 Å². The summed E-state index contributed by atoms with van der Waals surface area (Å²) in [6.45, 7) is 8.13. The fraction of sp³-hybridized carbons (Fsp3) is 0.385. The van der Waals surface area contributed by atoms with E-state index in [1.807, 2.05) is 26.8 Å². The van der Waals surface area contributed by atoms with Crippen molar-refractivity contribution in [3.8, 4) is 0 Å². The standard InChI is InChI=1S/C26H32N6O3/c1-26(2,3)22-15-23(32-35-22)31-25(34)30-20-7-5-19(6-8-20)29-24(33)21-9-4-18(16-28-21)14-17-10-12-27-13-11-17/h4-9,15-17,27H,10-14H2,1-3H3,(H,29,33)(H2,30,31,32,34). The summed E-state index contributed by atoms with van der Waals surface area (Å²) in [5.41, 5.74) is 2.49. The minimum Gasteiger partial charge on any atom is -0.359 e. The summed E-state index contributed by atoms with van der Waals surface area (Å²) in [6, 6.07) is 11.8. The largest absolute Gasteiger partial charge is 0.359 e. The Bertz CT molecular complexity index is 1140. The first-order valence-corrected chi connectivity index (χ1v) is 11.9. The number of amides is 3. The normalized spacial score (nSPS) is 14.4. The number of carbonyl (C=O) groups excluding carboxylic acids is 2. The van der Waals surface area contributed by atoms with E-state index in [0.29, 0.717) is 34.6 Å². The molecule has 1 saturated heterocycles. The van der Waals surface area contributed by atoms with Gasteiger partial charge in [-0.15, -0.1) is 0 Å². The highest BCUT2D eigenvalue weighted by molar-refractivity contribution is 6.03. The Kier molecular flexibility index (Phi) is 7.45. The summed E-state index contributed by atoms with van der Waals surface area (Å²) in [6.07, 6.45) is 5.13. The molecule has 0 bridgehead atoms. The van der Waals surface area contributed by atoms with E-state index >= 15 is 0 Å². The molecule has 1 aromatic carbocycles. The first kappa shape index (κ1) is 24.4. The maximum Gasteiger partial charge on any atom is 0.324 e. The van der Waals surface area contributed by atoms with Crippen LogP contribution >= 0.6 is 0 Å². The molecule has 9 nitrogen and oxygen atoms in total. The maximum absolute atomic E-state index is 12.6. The lowest BCUT2D eigenvalue weighted by Crippen LogP contribution is -2.28. The topological polar surface area (TPSA) is 121 Å². The summed E-state index contributed by atoms with van der Waals surface area (Å²) >= 11 is 0. The summed E-state index contributed by atoms with van der Waals surface area (Å²) in [5, 5.41) is 15.5. The number of pyridine rings is 1. The molecule has 0 spiro atoms. The molecule has 0 aliphatic carbocycles. The van der Waals surface area contributed by atoms with Gasteiger partial charge in [-0.1, -0.05) is 32.0 Å². The molecular formula is C26H32N6O3. The van der Waals surface area contributed by atoms with E-state index in [2.05, 4.69) is 31.4 Å². The van der Waals surface area contributed by atoms with Crippen LogP contribution in [0.1, 0.15) is 55.4 Å². The molecule has 1 fully saturated rings. The minimum absolute atomic E-state index is 0.200. The molecular weight excluding hydrogens is 444 g/mol. The van der Waals surface area contributed by atoms with Crippen molar-refractivity contribution < 1.29 is 14.1 Å². The second kappa shape index (κ2) is 10.7. The predicted molar refractivity (Wildman–Crippen MR) is 136 cm³/mol. The van der Waals surface area contributed by atoms with Gasteiger partial charge in [0.05, 0.1) is 0 Å². The van der Waals surface area contributed by atoms with E-state index in [9.17, 15) is 9.59 Å². The molecule has 2 aromatic heterocycles. The molecule has 0 saturated carbocycles. The van der Waals surface area contributed by atoms with Crippen molar-refractivity contribution in [3.05, 3.63) is 65.7 Å². The molecule has 35 heavy (non-hydrogen) atoms. The van der Waals surface area contributed by atoms with Crippen LogP contribution in [0.5, 0.6) is 0 Å². The lowest BCUT2D eigenvalue weighted by Gasteiger charge is -2.22. The third kappa shape index (κ3) is 6.89. The number of nitrogens with one attached hydrogen (secondary N) is 4. The van der Waals surface area contributed by atoms with E-state index in [-0.39, 0.29) is 11.3 Å². The highest BCUT2D eigenvalue weighted by atomic mass is 16.5. The van der Waals surface area contributed by atoms with Crippen molar-refractivity contribution in [1.29, 1.82) is 0 Å². The van der Waals surface area contributed by atoms with Gasteiger partial charge in [-0.05, 0) is 74.2 Å². The van der Waals surface area contributed by atoms with Crippen molar-refractivity contribution in [1.82, 2.24) is 15.5 Å². The van der Waals surface area contributed by atoms with E-state index in [0.717, 1.165) is 25.1 Å². The Morgan fingerprint density at radius 3 is 2.29 bits per heavy atom. The van der Waals surface area contributed by atoms with Gasteiger partial charge in [-0.25, -0.2) is 4.79 Å². The zero-order valence-corrected chi connectivity index (χ0v) is 20.4. The Morgan fingerprint density at radius 2 is 1.69 bits per heavy atom. The molecule has 0 radical (unpaired) electrons. The minimum atomic E-state index is -0.440. The van der Waals surface area contributed by atoms with Crippen LogP contribution in [0.3, 0.4) is 0 Å². The van der Waals surface area contributed by atoms with Crippen LogP contribution in [0.4, 0.5) is 22.0 Å². The SMILES string of the molecule is CC(C)(C)c1cc(NC(=O)Nc2ccc(NC(=O)c3ccc(CC4CCNCC4)cn3)cc2)no1. The number of hydrogen-bond donors (Lipinski definition) is 4. The van der Waals surface area contributed by atoms with Gasteiger partial charge >= 0.3 is 6.03 Å². The Balaban J connectivity index is 1.27. The smallest absolute Gasteiger partial charge is 0.324 e. The molecule has 3 amide bonds. The number of nitrogens with zero attached hydrogens (tertiary/aromatic N) is 2. The van der Waals surface area contributed by atoms with Crippen LogP contribution in [-0.4, -0.2) is 35.2 Å². The Morgan fingerprint density at radius 1 is 1.00 bits per heavy atom. The van der Waals surface area contributed by atoms with Crippen LogP contribution in [0, 0.1) is 5.92 Å². The summed E-state index contributed by atoms with van der Waals surface area (Å²) in [5.74, 6) is 1.41. The van der Waals surface area contributed by atoms with Crippen LogP contribution in [-0.2, 0) is 11.8 Å². The van der Waals surface area contributed by atoms with Crippen molar-refractivity contribution in [2.24, 2.45) is 5.92 Å². The molecule has 4 rings (SSSR count). The number of rotatable bonds is 6. The van der Waals surface area contributed by atoms with E-state index < -0.39 is 6.03 Å². The number of aromatic nitrogens is 2. The van der Waals surface area contributed by atoms with Crippen molar-refractivity contribution >= 4 is 29.1 Å². The van der Waals surface area contributed by atoms with Crippen LogP contribution in [0.15, 0.2) is 53.2 Å². The second-order valence-corrected chi connectivity index (χ2v) is 9.89. The van der Waals surface area contributed by atoms with Crippen molar-refractivity contribution in [2.75, 3.05) is 29.0 Å². The third-order valence-corrected chi connectivity index (χ3v) is 5.93. The molecule has 0 unspecified atom stereocenters. The van der Waals surface area contributed by atoms with Gasteiger partial charge in [0, 0.05) is 29.1 Å². The fourth-order valence-corrected chi connectivity index (χ4v) is 3.90. The number of piperidine rings is 1. The molecule has 1 aliphatic heterocycles. The highest BCUT2D eigenvalue weighted by Crippen LogP contribution is 2.24. The highest BCUT2D eigenvalue weighted by Gasteiger charge is 2.20. The molecule has 184 valence electrons. The average Bonchev–Trinajstić information content (AvgIpc) is 3.30. The molecule has 3 heterocycles. The molecule has 3 aromatic rings. The summed E-state index contributed by atoms with van der Waals surface area (Å²) < 4.78 is 5.27. The third-order valence-electron chi connectivity index (χ3n) is 5.93. The van der Waals surface area contributed by atoms with E-state index in [1.165, 1.54) is 12.8 Å². The predicted octanol–water partition coefficient (Wildman–Crippen LogP) is 4.81. The molecule has 4 N–H and O–H groups in total. The molecule has 0 atom stereocenters. The maximum atomic E-state index is 12.6.